The van der Waals surface area contributed by atoms with Gasteiger partial charge < -0.3 is 5.73 Å². The molecule has 0 unspecified atom stereocenters. The number of aromatic nitrogens is 2. The first-order valence-corrected chi connectivity index (χ1v) is 6.40. The second-order valence-electron chi connectivity index (χ2n) is 4.75. The maximum absolute atomic E-state index is 6.34. The normalized spacial score (nSPS) is 16.6. The van der Waals surface area contributed by atoms with Gasteiger partial charge in [0, 0.05) is 29.9 Å². The summed E-state index contributed by atoms with van der Waals surface area (Å²) in [6.07, 6.45) is 5.76. The van der Waals surface area contributed by atoms with Crippen molar-refractivity contribution in [3.63, 3.8) is 0 Å². The maximum atomic E-state index is 6.34. The van der Waals surface area contributed by atoms with Crippen molar-refractivity contribution >= 4 is 11.6 Å². The maximum Gasteiger partial charge on any atom is 0.0717 e. The Hall–Kier alpha value is -1.45. The third kappa shape index (κ3) is 1.89. The highest BCUT2D eigenvalue weighted by atomic mass is 35.5. The zero-order valence-electron chi connectivity index (χ0n) is 9.94. The molecule has 0 radical (unpaired) electrons. The Bertz CT molecular complexity index is 565. The van der Waals surface area contributed by atoms with E-state index in [1.165, 1.54) is 0 Å². The van der Waals surface area contributed by atoms with Crippen molar-refractivity contribution in [2.75, 3.05) is 6.54 Å². The topological polar surface area (TPSA) is 51.8 Å². The Balaban J connectivity index is 2.00. The molecule has 3 rings (SSSR count). The van der Waals surface area contributed by atoms with E-state index in [9.17, 15) is 0 Å². The molecule has 3 nitrogen and oxygen atoms in total. The molecule has 2 heterocycles. The highest BCUT2D eigenvalue weighted by Gasteiger charge is 2.45. The molecule has 2 aromatic heterocycles. The van der Waals surface area contributed by atoms with E-state index in [-0.39, 0.29) is 5.41 Å². The Morgan fingerprint density at radius 2 is 2.11 bits per heavy atom. The van der Waals surface area contributed by atoms with Gasteiger partial charge in [0.2, 0.25) is 0 Å². The lowest BCUT2D eigenvalue weighted by Gasteiger charge is -2.14. The number of nitrogens with two attached hydrogens (primary N) is 1. The Kier molecular flexibility index (Phi) is 2.80. The molecule has 2 N–H and O–H groups in total. The number of pyridine rings is 2. The molecule has 0 spiro atoms. The standard InChI is InChI=1S/C14H14ClN3/c15-11-7-10(12-3-1-2-6-17-12)8-18-13(11)14(9-16)4-5-14/h1-3,6-8H,4-5,9,16H2. The second kappa shape index (κ2) is 4.34. The van der Waals surface area contributed by atoms with Gasteiger partial charge in [-0.05, 0) is 31.0 Å². The van der Waals surface area contributed by atoms with Crippen LogP contribution in [0.15, 0.2) is 36.7 Å². The third-order valence-corrected chi connectivity index (χ3v) is 3.84. The van der Waals surface area contributed by atoms with Crippen LogP contribution < -0.4 is 5.73 Å². The number of nitrogens with zero attached hydrogens (tertiary/aromatic N) is 2. The van der Waals surface area contributed by atoms with E-state index in [4.69, 9.17) is 17.3 Å². The summed E-state index contributed by atoms with van der Waals surface area (Å²) in [6.45, 7) is 0.614. The molecule has 0 bridgehead atoms. The van der Waals surface area contributed by atoms with Gasteiger partial charge in [0.15, 0.2) is 0 Å². The first kappa shape index (κ1) is 11.6. The highest BCUT2D eigenvalue weighted by molar-refractivity contribution is 6.31. The molecule has 1 aliphatic carbocycles. The summed E-state index contributed by atoms with van der Waals surface area (Å²) in [4.78, 5) is 8.80. The van der Waals surface area contributed by atoms with Gasteiger partial charge >= 0.3 is 0 Å². The van der Waals surface area contributed by atoms with Gasteiger partial charge in [0.1, 0.15) is 0 Å². The lowest BCUT2D eigenvalue weighted by Crippen LogP contribution is -2.21. The molecule has 0 aromatic carbocycles. The minimum atomic E-state index is 0.0275. The van der Waals surface area contributed by atoms with Gasteiger partial charge in [-0.1, -0.05) is 17.7 Å². The Morgan fingerprint density at radius 3 is 2.67 bits per heavy atom. The van der Waals surface area contributed by atoms with E-state index in [1.807, 2.05) is 30.5 Å². The van der Waals surface area contributed by atoms with Crippen LogP contribution in [0, 0.1) is 0 Å². The molecule has 0 atom stereocenters. The summed E-state index contributed by atoms with van der Waals surface area (Å²) in [5, 5.41) is 0.695. The molecule has 4 heteroatoms. The molecular formula is C14H14ClN3. The van der Waals surface area contributed by atoms with Gasteiger partial charge in [-0.15, -0.1) is 0 Å². The molecule has 1 fully saturated rings. The van der Waals surface area contributed by atoms with Crippen LogP contribution >= 0.6 is 11.6 Å². The summed E-state index contributed by atoms with van der Waals surface area (Å²) >= 11 is 6.34. The molecule has 1 aliphatic rings. The molecule has 0 aliphatic heterocycles. The van der Waals surface area contributed by atoms with Crippen LogP contribution in [-0.2, 0) is 5.41 Å². The Morgan fingerprint density at radius 1 is 1.28 bits per heavy atom. The van der Waals surface area contributed by atoms with Crippen LogP contribution in [0.1, 0.15) is 18.5 Å². The number of halogens is 1. The largest absolute Gasteiger partial charge is 0.330 e. The van der Waals surface area contributed by atoms with Gasteiger partial charge in [-0.3, -0.25) is 9.97 Å². The quantitative estimate of drug-likeness (QED) is 0.922. The van der Waals surface area contributed by atoms with E-state index >= 15 is 0 Å². The van der Waals surface area contributed by atoms with Gasteiger partial charge in [0.25, 0.3) is 0 Å². The van der Waals surface area contributed by atoms with Crippen LogP contribution in [-0.4, -0.2) is 16.5 Å². The predicted octanol–water partition coefficient (Wildman–Crippen LogP) is 2.79. The zero-order valence-corrected chi connectivity index (χ0v) is 10.7. The van der Waals surface area contributed by atoms with Crippen molar-refractivity contribution in [3.05, 3.63) is 47.4 Å². The molecule has 0 saturated heterocycles. The fraction of sp³-hybridized carbons (Fsp3) is 0.286. The average molecular weight is 260 g/mol. The fourth-order valence-corrected chi connectivity index (χ4v) is 2.56. The molecule has 2 aromatic rings. The fourth-order valence-electron chi connectivity index (χ4n) is 2.19. The van der Waals surface area contributed by atoms with Crippen LogP contribution in [0.4, 0.5) is 0 Å². The summed E-state index contributed by atoms with van der Waals surface area (Å²) in [5.41, 5.74) is 8.60. The van der Waals surface area contributed by atoms with Crippen LogP contribution in [0.3, 0.4) is 0 Å². The molecular weight excluding hydrogens is 246 g/mol. The average Bonchev–Trinajstić information content (AvgIpc) is 3.20. The van der Waals surface area contributed by atoms with E-state index in [1.54, 1.807) is 6.20 Å². The summed E-state index contributed by atoms with van der Waals surface area (Å²) < 4.78 is 0. The molecule has 18 heavy (non-hydrogen) atoms. The van der Waals surface area contributed by atoms with Crippen LogP contribution in [0.5, 0.6) is 0 Å². The van der Waals surface area contributed by atoms with Crippen molar-refractivity contribution in [1.82, 2.24) is 9.97 Å². The second-order valence-corrected chi connectivity index (χ2v) is 5.16. The molecule has 92 valence electrons. The smallest absolute Gasteiger partial charge is 0.0717 e. The van der Waals surface area contributed by atoms with E-state index in [2.05, 4.69) is 9.97 Å². The van der Waals surface area contributed by atoms with Gasteiger partial charge in [0.05, 0.1) is 16.4 Å². The first-order valence-electron chi connectivity index (χ1n) is 6.03. The van der Waals surface area contributed by atoms with E-state index in [0.717, 1.165) is 29.8 Å². The van der Waals surface area contributed by atoms with E-state index in [0.29, 0.717) is 11.6 Å². The van der Waals surface area contributed by atoms with Crippen molar-refractivity contribution in [2.45, 2.75) is 18.3 Å². The van der Waals surface area contributed by atoms with Crippen molar-refractivity contribution < 1.29 is 0 Å². The molecule has 0 amide bonds. The minimum Gasteiger partial charge on any atom is -0.330 e. The van der Waals surface area contributed by atoms with Crippen LogP contribution in [0.25, 0.3) is 11.3 Å². The first-order chi connectivity index (χ1) is 8.75. The van der Waals surface area contributed by atoms with Gasteiger partial charge in [-0.25, -0.2) is 0 Å². The lowest BCUT2D eigenvalue weighted by molar-refractivity contribution is 0.679. The summed E-state index contributed by atoms with van der Waals surface area (Å²) in [6, 6.07) is 7.72. The number of rotatable bonds is 3. The predicted molar refractivity (Wildman–Crippen MR) is 72.4 cm³/mol. The summed E-state index contributed by atoms with van der Waals surface area (Å²) in [5.74, 6) is 0. The van der Waals surface area contributed by atoms with Crippen molar-refractivity contribution in [2.24, 2.45) is 5.73 Å². The SMILES string of the molecule is NCC1(c2ncc(-c3ccccn3)cc2Cl)CC1. The monoisotopic (exact) mass is 259 g/mol. The van der Waals surface area contributed by atoms with E-state index < -0.39 is 0 Å². The number of hydrogen-bond acceptors (Lipinski definition) is 3. The lowest BCUT2D eigenvalue weighted by atomic mass is 10.0. The minimum absolute atomic E-state index is 0.0275. The summed E-state index contributed by atoms with van der Waals surface area (Å²) in [7, 11) is 0. The number of hydrogen-bond donors (Lipinski definition) is 1. The Labute approximate surface area is 111 Å². The third-order valence-electron chi connectivity index (χ3n) is 3.55. The van der Waals surface area contributed by atoms with Gasteiger partial charge in [-0.2, -0.15) is 0 Å². The van der Waals surface area contributed by atoms with Crippen molar-refractivity contribution in [1.29, 1.82) is 0 Å². The highest BCUT2D eigenvalue weighted by Crippen LogP contribution is 2.48. The molecule has 1 saturated carbocycles. The van der Waals surface area contributed by atoms with Crippen LogP contribution in [0.2, 0.25) is 5.02 Å². The van der Waals surface area contributed by atoms with Crippen molar-refractivity contribution in [3.8, 4) is 11.3 Å². The zero-order chi connectivity index (χ0) is 12.6.